The van der Waals surface area contributed by atoms with Gasteiger partial charge in [0.1, 0.15) is 29.0 Å². The first-order valence-electron chi connectivity index (χ1n) is 23.1. The van der Waals surface area contributed by atoms with E-state index in [1.165, 1.54) is 6.92 Å². The summed E-state index contributed by atoms with van der Waals surface area (Å²) in [6, 6.07) is 9.38. The van der Waals surface area contributed by atoms with Gasteiger partial charge in [0.25, 0.3) is 0 Å². The van der Waals surface area contributed by atoms with Crippen LogP contribution < -0.4 is 10.6 Å². The van der Waals surface area contributed by atoms with Gasteiger partial charge in [0.2, 0.25) is 0 Å². The Labute approximate surface area is 375 Å². The number of aliphatic hydroxyl groups excluding tert-OH is 2. The lowest BCUT2D eigenvalue weighted by molar-refractivity contribution is -0.333. The number of pyridine rings is 1. The highest BCUT2D eigenvalue weighted by atomic mass is 16.7. The van der Waals surface area contributed by atoms with Crippen LogP contribution in [0.3, 0.4) is 0 Å². The first-order chi connectivity index (χ1) is 29.4. The van der Waals surface area contributed by atoms with Gasteiger partial charge in [-0.3, -0.25) is 9.78 Å². The van der Waals surface area contributed by atoms with E-state index in [0.717, 1.165) is 16.6 Å². The van der Waals surface area contributed by atoms with Crippen LogP contribution in [-0.4, -0.2) is 155 Å². The molecule has 63 heavy (non-hydrogen) atoms. The molecule has 5 rings (SSSR count). The minimum atomic E-state index is -1.76. The molecule has 358 valence electrons. The molecule has 0 aliphatic carbocycles. The second kappa shape index (κ2) is 20.5. The summed E-state index contributed by atoms with van der Waals surface area (Å²) in [4.78, 5) is 20.9. The fourth-order valence-corrected chi connectivity index (χ4v) is 10.5. The number of likely N-dealkylation sites (N-methyl/N-ethyl adjacent to an activating group) is 1. The Kier molecular flexibility index (Phi) is 16.8. The van der Waals surface area contributed by atoms with Crippen LogP contribution in [0.1, 0.15) is 102 Å². The summed E-state index contributed by atoms with van der Waals surface area (Å²) in [6.07, 6.45) is -4.47. The smallest absolute Gasteiger partial charge is 0.311 e. The molecular formula is C48H80N4O11. The number of rotatable bonds is 10. The van der Waals surface area contributed by atoms with Crippen LogP contribution in [-0.2, 0) is 33.2 Å². The quantitative estimate of drug-likeness (QED) is 0.177. The maximum absolute atomic E-state index is 14.5. The van der Waals surface area contributed by atoms with Gasteiger partial charge in [-0.25, -0.2) is 0 Å². The predicted octanol–water partition coefficient (Wildman–Crippen LogP) is 4.86. The summed E-state index contributed by atoms with van der Waals surface area (Å²) in [6.45, 7) is 21.2. The number of methoxy groups -OCH3 is 1. The monoisotopic (exact) mass is 889 g/mol. The topological polar surface area (TPSA) is 194 Å². The van der Waals surface area contributed by atoms with Gasteiger partial charge in [0.05, 0.1) is 42.0 Å². The molecule has 6 N–H and O–H groups in total. The molecule has 2 aromatic rings. The molecule has 0 radical (unpaired) electrons. The number of anilines is 1. The van der Waals surface area contributed by atoms with Gasteiger partial charge < -0.3 is 64.4 Å². The second-order valence-corrected chi connectivity index (χ2v) is 20.4. The number of hydrogen-bond donors (Lipinski definition) is 6. The van der Waals surface area contributed by atoms with Crippen molar-refractivity contribution in [2.75, 3.05) is 39.6 Å². The maximum Gasteiger partial charge on any atom is 0.311 e. The number of nitrogens with zero attached hydrogens (tertiary/aromatic N) is 2. The van der Waals surface area contributed by atoms with Crippen molar-refractivity contribution in [1.82, 2.24) is 15.2 Å². The van der Waals surface area contributed by atoms with Crippen molar-refractivity contribution in [2.24, 2.45) is 23.2 Å². The van der Waals surface area contributed by atoms with Gasteiger partial charge in [-0.2, -0.15) is 0 Å². The molecule has 0 unspecified atom stereocenters. The van der Waals surface area contributed by atoms with Crippen molar-refractivity contribution in [3.05, 3.63) is 36.5 Å². The van der Waals surface area contributed by atoms with Gasteiger partial charge in [-0.15, -0.1) is 0 Å². The average molecular weight is 889 g/mol. The lowest BCUT2D eigenvalue weighted by atomic mass is 9.72. The second-order valence-electron chi connectivity index (χ2n) is 20.4. The largest absolute Gasteiger partial charge is 0.459 e. The highest BCUT2D eigenvalue weighted by Crippen LogP contribution is 2.45. The summed E-state index contributed by atoms with van der Waals surface area (Å²) in [5.41, 5.74) is -3.46. The van der Waals surface area contributed by atoms with E-state index >= 15 is 0 Å². The van der Waals surface area contributed by atoms with E-state index < -0.39 is 95.1 Å². The van der Waals surface area contributed by atoms with Gasteiger partial charge in [-0.05, 0) is 110 Å². The van der Waals surface area contributed by atoms with E-state index in [4.69, 9.17) is 28.4 Å². The molecule has 0 saturated carbocycles. The molecule has 3 aliphatic heterocycles. The van der Waals surface area contributed by atoms with E-state index in [2.05, 4.69) is 36.4 Å². The summed E-state index contributed by atoms with van der Waals surface area (Å²) >= 11 is 0. The van der Waals surface area contributed by atoms with Crippen molar-refractivity contribution in [3.63, 3.8) is 0 Å². The molecular weight excluding hydrogens is 809 g/mol. The van der Waals surface area contributed by atoms with Crippen LogP contribution in [0.25, 0.3) is 10.9 Å². The highest BCUT2D eigenvalue weighted by molar-refractivity contribution is 5.82. The summed E-state index contributed by atoms with van der Waals surface area (Å²) in [5.74, 6) is -2.53. The Morgan fingerprint density at radius 2 is 1.68 bits per heavy atom. The van der Waals surface area contributed by atoms with Crippen molar-refractivity contribution in [3.8, 4) is 0 Å². The van der Waals surface area contributed by atoms with E-state index in [1.807, 2.05) is 77.0 Å². The molecule has 17 atom stereocenters. The molecule has 0 spiro atoms. The first-order valence-corrected chi connectivity index (χ1v) is 23.1. The van der Waals surface area contributed by atoms with Gasteiger partial charge in [0.15, 0.2) is 12.6 Å². The van der Waals surface area contributed by atoms with E-state index in [-0.39, 0.29) is 37.6 Å². The lowest BCUT2D eigenvalue weighted by Crippen LogP contribution is -2.69. The summed E-state index contributed by atoms with van der Waals surface area (Å²) in [5, 5.41) is 55.5. The Morgan fingerprint density at radius 1 is 0.984 bits per heavy atom. The molecule has 0 bridgehead atoms. The molecule has 1 aromatic carbocycles. The zero-order valence-electron chi connectivity index (χ0n) is 40.3. The van der Waals surface area contributed by atoms with Crippen LogP contribution in [0, 0.1) is 23.2 Å². The Bertz CT molecular complexity index is 1800. The van der Waals surface area contributed by atoms with Crippen LogP contribution in [0.4, 0.5) is 5.69 Å². The maximum atomic E-state index is 14.5. The number of aliphatic hydroxyl groups is 4. The number of nitrogens with one attached hydrogen (secondary N) is 2. The third-order valence-corrected chi connectivity index (χ3v) is 14.7. The molecule has 1 aromatic heterocycles. The molecule has 0 amide bonds. The van der Waals surface area contributed by atoms with E-state index in [1.54, 1.807) is 34.1 Å². The normalized spacial score (nSPS) is 42.3. The Balaban J connectivity index is 1.52. The number of ether oxygens (including phenoxy) is 6. The van der Waals surface area contributed by atoms with Crippen molar-refractivity contribution >= 4 is 22.6 Å². The van der Waals surface area contributed by atoms with Gasteiger partial charge in [-0.1, -0.05) is 40.7 Å². The number of fused-ring (bicyclic) bond motifs is 1. The standard InChI is InChI=1S/C48H80N4O11/c1-15-37-47(11,56)41(54)27(2)25-50-28(3)23-45(8,9)42(63-44-39(53)36(52(12)13)21-29(4)59-44)30(5)40(31(6)43(55)61-37)62-38-24-46(10,58-14)48(57,32(7)60-38)26-51-34-18-19-35-33(22-34)17-16-20-49-35/h16-20,22,27-32,36-42,44,50-51,53-54,56-57H,15,21,23-26H2,1-14H3/t27-,28+,29+,30-,31+,32-,36-,37+,38+,39+,40+,41+,42+,44-,46-,47+,48+/m0/s1. The molecule has 3 aliphatic rings. The minimum absolute atomic E-state index is 0.0761. The zero-order chi connectivity index (χ0) is 46.8. The molecule has 3 fully saturated rings. The van der Waals surface area contributed by atoms with Crippen LogP contribution in [0.15, 0.2) is 36.5 Å². The average Bonchev–Trinajstić information content (AvgIpc) is 3.23. The number of esters is 1. The predicted molar refractivity (Wildman–Crippen MR) is 242 cm³/mol. The summed E-state index contributed by atoms with van der Waals surface area (Å²) in [7, 11) is 5.42. The fourth-order valence-electron chi connectivity index (χ4n) is 10.5. The van der Waals surface area contributed by atoms with Gasteiger partial charge >= 0.3 is 5.97 Å². The number of aromatic nitrogens is 1. The van der Waals surface area contributed by atoms with Crippen molar-refractivity contribution in [2.45, 2.75) is 186 Å². The molecule has 3 saturated heterocycles. The first kappa shape index (κ1) is 51.4. The van der Waals surface area contributed by atoms with Crippen LogP contribution in [0.5, 0.6) is 0 Å². The van der Waals surface area contributed by atoms with Crippen molar-refractivity contribution < 1.29 is 53.6 Å². The minimum Gasteiger partial charge on any atom is -0.459 e. The van der Waals surface area contributed by atoms with E-state index in [9.17, 15) is 25.2 Å². The molecule has 15 heteroatoms. The van der Waals surface area contributed by atoms with Crippen LogP contribution >= 0.6 is 0 Å². The highest BCUT2D eigenvalue weighted by Gasteiger charge is 2.58. The third kappa shape index (κ3) is 11.2. The third-order valence-electron chi connectivity index (χ3n) is 14.7. The SMILES string of the molecule is CC[C@H]1OC(=O)[C@H](C)[C@H](O[C@@H]2C[C@](C)(OC)[C@@](O)(CNc3ccc4ncccc4c3)[C@H](C)O2)[C@H](C)[C@@H](O[C@@H]2O[C@H](C)C[C@H](N(C)C)[C@H]2O)C(C)(C)C[C@@H](C)NC[C@H](C)[C@@H](O)[C@]1(C)O. The van der Waals surface area contributed by atoms with Gasteiger partial charge in [0, 0.05) is 61.9 Å². The number of carbonyl (C=O) groups is 1. The number of carbonyl (C=O) groups excluding carboxylic acids is 1. The fraction of sp³-hybridized carbons (Fsp3) is 0.792. The molecule has 15 nitrogen and oxygen atoms in total. The summed E-state index contributed by atoms with van der Waals surface area (Å²) < 4.78 is 39.4. The van der Waals surface area contributed by atoms with Crippen LogP contribution in [0.2, 0.25) is 0 Å². The zero-order valence-corrected chi connectivity index (χ0v) is 40.3. The molecule has 4 heterocycles. The lowest BCUT2D eigenvalue weighted by Gasteiger charge is -2.53. The number of benzene rings is 1. The van der Waals surface area contributed by atoms with E-state index in [0.29, 0.717) is 19.4 Å². The number of hydrogen-bond acceptors (Lipinski definition) is 15. The number of cyclic esters (lactones) is 1. The Morgan fingerprint density at radius 3 is 2.33 bits per heavy atom. The van der Waals surface area contributed by atoms with Crippen molar-refractivity contribution in [1.29, 1.82) is 0 Å². The Hall–Kier alpha value is -2.54.